The average molecular weight is 267 g/mol. The predicted molar refractivity (Wildman–Crippen MR) is 65.4 cm³/mol. The summed E-state index contributed by atoms with van der Waals surface area (Å²) in [5.41, 5.74) is 1.24. The maximum Gasteiger partial charge on any atom is 0.321 e. The fourth-order valence-electron chi connectivity index (χ4n) is 1.86. The van der Waals surface area contributed by atoms with Crippen LogP contribution in [0.2, 0.25) is 0 Å². The van der Waals surface area contributed by atoms with Crippen LogP contribution in [0, 0.1) is 0 Å². The van der Waals surface area contributed by atoms with E-state index in [0.717, 1.165) is 11.4 Å². The number of rotatable bonds is 1. The van der Waals surface area contributed by atoms with Crippen LogP contribution < -0.4 is 10.6 Å². The smallest absolute Gasteiger partial charge is 0.321 e. The van der Waals surface area contributed by atoms with E-state index in [1.165, 1.54) is 6.34 Å². The molecule has 2 heterocycles. The number of hydrogen-bond acceptors (Lipinski definition) is 3. The standard InChI is InChI=1S/C9H12N3O2.2ClH/c1-9(2)7-5(10-4-11-7)3-6(12-9)8(13)14;;/h4,6,12H,3H2,1-2H3,(H,13,14);2*1H/t6-;;/m0../s1. The Kier molecular flexibility index (Phi) is 4.79. The predicted octanol–water partition coefficient (Wildman–Crippen LogP) is 0.913. The average Bonchev–Trinajstić information content (AvgIpc) is 2.51. The first-order valence-electron chi connectivity index (χ1n) is 4.48. The maximum atomic E-state index is 10.9. The van der Waals surface area contributed by atoms with Crippen molar-refractivity contribution >= 4 is 37.1 Å². The van der Waals surface area contributed by atoms with Crippen LogP contribution >= 0.6 is 24.8 Å². The van der Waals surface area contributed by atoms with E-state index < -0.39 is 17.6 Å². The number of aliphatic imine (C=N–C) groups is 1. The van der Waals surface area contributed by atoms with E-state index >= 15 is 0 Å². The molecule has 2 N–H and O–H groups in total. The minimum Gasteiger partial charge on any atom is -0.480 e. The Morgan fingerprint density at radius 1 is 1.56 bits per heavy atom. The summed E-state index contributed by atoms with van der Waals surface area (Å²) in [5, 5.41) is 16.0. The number of nitrogens with one attached hydrogen (secondary N) is 1. The van der Waals surface area contributed by atoms with Crippen molar-refractivity contribution in [1.82, 2.24) is 10.6 Å². The number of hydrogen-bond donors (Lipinski definition) is 2. The minimum absolute atomic E-state index is 0. The Morgan fingerprint density at radius 3 is 2.75 bits per heavy atom. The molecule has 0 saturated heterocycles. The Hall–Kier alpha value is -0.780. The molecule has 1 radical (unpaired) electrons. The lowest BCUT2D eigenvalue weighted by Crippen LogP contribution is -2.53. The number of halogens is 2. The number of carboxylic acid groups (broad SMARTS) is 1. The molecule has 2 aliphatic rings. The molecule has 0 aromatic carbocycles. The molecule has 7 heteroatoms. The van der Waals surface area contributed by atoms with Gasteiger partial charge in [-0.3, -0.25) is 10.1 Å². The lowest BCUT2D eigenvalue weighted by Gasteiger charge is -2.34. The van der Waals surface area contributed by atoms with Gasteiger partial charge in [0, 0.05) is 6.42 Å². The van der Waals surface area contributed by atoms with Crippen molar-refractivity contribution in [2.75, 3.05) is 0 Å². The molecule has 91 valence electrons. The van der Waals surface area contributed by atoms with Gasteiger partial charge in [-0.05, 0) is 13.8 Å². The zero-order valence-corrected chi connectivity index (χ0v) is 10.6. The summed E-state index contributed by atoms with van der Waals surface area (Å²) in [6.45, 7) is 3.82. The lowest BCUT2D eigenvalue weighted by atomic mass is 9.90. The molecule has 0 aromatic heterocycles. The van der Waals surface area contributed by atoms with Gasteiger partial charge in [-0.25, -0.2) is 10.3 Å². The molecule has 0 spiro atoms. The molecule has 16 heavy (non-hydrogen) atoms. The second-order valence-electron chi connectivity index (χ2n) is 4.03. The van der Waals surface area contributed by atoms with Crippen LogP contribution in [-0.4, -0.2) is 29.0 Å². The van der Waals surface area contributed by atoms with E-state index in [4.69, 9.17) is 5.11 Å². The molecule has 0 aliphatic carbocycles. The zero-order valence-electron chi connectivity index (χ0n) is 8.93. The molecule has 0 aromatic rings. The summed E-state index contributed by atoms with van der Waals surface area (Å²) in [4.78, 5) is 15.0. The summed E-state index contributed by atoms with van der Waals surface area (Å²) in [6.07, 6.45) is 1.90. The lowest BCUT2D eigenvalue weighted by molar-refractivity contribution is -0.140. The summed E-state index contributed by atoms with van der Waals surface area (Å²) >= 11 is 0. The molecular formula is C9H14Cl2N3O2. The van der Waals surface area contributed by atoms with Crippen molar-refractivity contribution in [3.05, 3.63) is 11.4 Å². The van der Waals surface area contributed by atoms with Crippen LogP contribution in [0.15, 0.2) is 16.4 Å². The van der Waals surface area contributed by atoms with Gasteiger partial charge in [0.05, 0.1) is 16.9 Å². The van der Waals surface area contributed by atoms with Crippen LogP contribution in [-0.2, 0) is 4.79 Å². The molecule has 0 bridgehead atoms. The van der Waals surface area contributed by atoms with Crippen molar-refractivity contribution in [3.8, 4) is 0 Å². The van der Waals surface area contributed by atoms with E-state index in [0.29, 0.717) is 6.42 Å². The quantitative estimate of drug-likeness (QED) is 0.741. The topological polar surface area (TPSA) is 75.8 Å². The molecular weight excluding hydrogens is 253 g/mol. The zero-order chi connectivity index (χ0) is 10.3. The normalized spacial score (nSPS) is 25.0. The highest BCUT2D eigenvalue weighted by Gasteiger charge is 2.39. The van der Waals surface area contributed by atoms with Gasteiger partial charge in [0.25, 0.3) is 0 Å². The van der Waals surface area contributed by atoms with Gasteiger partial charge < -0.3 is 5.11 Å². The Labute approximate surface area is 106 Å². The molecule has 0 fully saturated rings. The van der Waals surface area contributed by atoms with Gasteiger partial charge in [-0.2, -0.15) is 0 Å². The van der Waals surface area contributed by atoms with Crippen molar-refractivity contribution < 1.29 is 9.90 Å². The van der Waals surface area contributed by atoms with Crippen LogP contribution in [0.5, 0.6) is 0 Å². The number of nitrogens with zero attached hydrogens (tertiary/aromatic N) is 2. The second kappa shape index (κ2) is 5.03. The Balaban J connectivity index is 0.00000112. The highest BCUT2D eigenvalue weighted by Crippen LogP contribution is 2.30. The van der Waals surface area contributed by atoms with Crippen molar-refractivity contribution in [2.45, 2.75) is 31.8 Å². The van der Waals surface area contributed by atoms with Crippen LogP contribution in [0.4, 0.5) is 0 Å². The van der Waals surface area contributed by atoms with Gasteiger partial charge in [0.1, 0.15) is 12.4 Å². The van der Waals surface area contributed by atoms with E-state index in [2.05, 4.69) is 15.6 Å². The summed E-state index contributed by atoms with van der Waals surface area (Å²) in [7, 11) is 0. The summed E-state index contributed by atoms with van der Waals surface area (Å²) in [6, 6.07) is -0.561. The summed E-state index contributed by atoms with van der Waals surface area (Å²) in [5.74, 6) is -0.841. The first kappa shape index (κ1) is 15.2. The fourth-order valence-corrected chi connectivity index (χ4v) is 1.86. The first-order chi connectivity index (χ1) is 6.50. The summed E-state index contributed by atoms with van der Waals surface area (Å²) < 4.78 is 0. The van der Waals surface area contributed by atoms with Gasteiger partial charge in [-0.15, -0.1) is 24.8 Å². The Bertz CT molecular complexity index is 353. The number of aliphatic carboxylic acids is 1. The van der Waals surface area contributed by atoms with Crippen LogP contribution in [0.1, 0.15) is 20.3 Å². The molecule has 2 rings (SSSR count). The van der Waals surface area contributed by atoms with Crippen LogP contribution in [0.25, 0.3) is 0 Å². The van der Waals surface area contributed by atoms with E-state index in [1.54, 1.807) is 0 Å². The van der Waals surface area contributed by atoms with Crippen LogP contribution in [0.3, 0.4) is 0 Å². The molecule has 2 aliphatic heterocycles. The second-order valence-corrected chi connectivity index (χ2v) is 4.03. The molecule has 0 saturated carbocycles. The van der Waals surface area contributed by atoms with E-state index in [-0.39, 0.29) is 24.8 Å². The highest BCUT2D eigenvalue weighted by atomic mass is 35.5. The van der Waals surface area contributed by atoms with Gasteiger partial charge in [-0.1, -0.05) is 0 Å². The first-order valence-corrected chi connectivity index (χ1v) is 4.48. The molecule has 0 unspecified atom stereocenters. The third-order valence-corrected chi connectivity index (χ3v) is 2.50. The Morgan fingerprint density at radius 2 is 2.19 bits per heavy atom. The van der Waals surface area contributed by atoms with Gasteiger partial charge in [0.15, 0.2) is 0 Å². The maximum absolute atomic E-state index is 10.9. The van der Waals surface area contributed by atoms with E-state index in [1.807, 2.05) is 13.8 Å². The monoisotopic (exact) mass is 266 g/mol. The fraction of sp³-hybridized carbons (Fsp3) is 0.556. The molecule has 0 amide bonds. The number of carboxylic acids is 1. The SMILES string of the molecule is CC1(C)N[C@H](C(=O)O)CC2=C1N=C[N]2.Cl.Cl. The molecule has 1 atom stereocenters. The largest absolute Gasteiger partial charge is 0.480 e. The van der Waals surface area contributed by atoms with Crippen molar-refractivity contribution in [2.24, 2.45) is 4.99 Å². The minimum atomic E-state index is -0.841. The highest BCUT2D eigenvalue weighted by molar-refractivity contribution is 5.85. The number of carbonyl (C=O) groups is 1. The van der Waals surface area contributed by atoms with Gasteiger partial charge in [0.2, 0.25) is 0 Å². The van der Waals surface area contributed by atoms with Crippen molar-refractivity contribution in [1.29, 1.82) is 0 Å². The third-order valence-electron chi connectivity index (χ3n) is 2.50. The van der Waals surface area contributed by atoms with Gasteiger partial charge >= 0.3 is 5.97 Å². The van der Waals surface area contributed by atoms with Crippen molar-refractivity contribution in [3.63, 3.8) is 0 Å². The van der Waals surface area contributed by atoms with E-state index in [9.17, 15) is 4.79 Å². The third kappa shape index (κ3) is 2.48. The molecule has 5 nitrogen and oxygen atoms in total.